The van der Waals surface area contributed by atoms with Crippen molar-refractivity contribution < 1.29 is 39.4 Å². The van der Waals surface area contributed by atoms with Crippen LogP contribution in [0.25, 0.3) is 0 Å². The molecule has 0 saturated heterocycles. The first-order valence-corrected chi connectivity index (χ1v) is 16.9. The van der Waals surface area contributed by atoms with Crippen LogP contribution in [0.1, 0.15) is 91.9 Å². The minimum Gasteiger partial charge on any atom is -0.390 e. The first-order valence-electron chi connectivity index (χ1n) is 14.2. The molecule has 3 fully saturated rings. The van der Waals surface area contributed by atoms with Crippen LogP contribution in [0.5, 0.6) is 0 Å². The zero-order valence-corrected chi connectivity index (χ0v) is 24.7. The Morgan fingerprint density at radius 3 is 2.29 bits per heavy atom. The molecular formula is C27H46O9S2. The van der Waals surface area contributed by atoms with Crippen LogP contribution in [0.2, 0.25) is 0 Å². The van der Waals surface area contributed by atoms with Gasteiger partial charge in [0.05, 0.1) is 12.7 Å². The normalized spacial score (nSPS) is 40.3. The molecule has 0 heterocycles. The summed E-state index contributed by atoms with van der Waals surface area (Å²) >= 11 is 0. The van der Waals surface area contributed by atoms with Crippen LogP contribution in [0.15, 0.2) is 11.6 Å². The first-order chi connectivity index (χ1) is 17.6. The van der Waals surface area contributed by atoms with Gasteiger partial charge in [-0.05, 0) is 97.7 Å². The Kier molecular flexibility index (Phi) is 8.82. The lowest BCUT2D eigenvalue weighted by Crippen LogP contribution is -2.55. The second-order valence-electron chi connectivity index (χ2n) is 13.3. The highest BCUT2D eigenvalue weighted by Crippen LogP contribution is 2.66. The van der Waals surface area contributed by atoms with Gasteiger partial charge in [0.1, 0.15) is 6.10 Å². The molecule has 0 amide bonds. The molecule has 0 aromatic heterocycles. The van der Waals surface area contributed by atoms with Gasteiger partial charge in [-0.1, -0.05) is 52.2 Å². The van der Waals surface area contributed by atoms with Gasteiger partial charge in [0.25, 0.3) is 0 Å². The molecule has 0 radical (unpaired) electrons. The Balaban J connectivity index is 1.55. The highest BCUT2D eigenvalue weighted by atomic mass is 32.3. The van der Waals surface area contributed by atoms with Crippen molar-refractivity contribution in [3.63, 3.8) is 0 Å². The van der Waals surface area contributed by atoms with Crippen molar-refractivity contribution in [2.75, 3.05) is 6.61 Å². The van der Waals surface area contributed by atoms with E-state index in [2.05, 4.69) is 33.8 Å². The molecule has 9 atom stereocenters. The van der Waals surface area contributed by atoms with E-state index in [4.69, 9.17) is 8.37 Å². The second-order valence-corrected chi connectivity index (χ2v) is 15.4. The quantitative estimate of drug-likeness (QED) is 0.241. The molecule has 4 aliphatic rings. The summed E-state index contributed by atoms with van der Waals surface area (Å²) in [5.41, 5.74) is 1.10. The van der Waals surface area contributed by atoms with E-state index < -0.39 is 33.0 Å². The molecule has 0 unspecified atom stereocenters. The molecule has 0 spiro atoms. The van der Waals surface area contributed by atoms with E-state index in [1.54, 1.807) is 0 Å². The van der Waals surface area contributed by atoms with E-state index in [1.807, 2.05) is 0 Å². The molecule has 4 aliphatic carbocycles. The molecule has 38 heavy (non-hydrogen) atoms. The third kappa shape index (κ3) is 6.19. The van der Waals surface area contributed by atoms with Crippen molar-refractivity contribution >= 4 is 20.8 Å². The van der Waals surface area contributed by atoms with Gasteiger partial charge in [-0.2, -0.15) is 16.8 Å². The fourth-order valence-electron chi connectivity index (χ4n) is 9.01. The zero-order chi connectivity index (χ0) is 28.1. The Hall–Kier alpha value is -0.560. The first kappa shape index (κ1) is 30.4. The zero-order valence-electron chi connectivity index (χ0n) is 23.1. The van der Waals surface area contributed by atoms with Gasteiger partial charge in [-0.3, -0.25) is 9.11 Å². The minimum atomic E-state index is -4.64. The van der Waals surface area contributed by atoms with E-state index in [0.29, 0.717) is 30.6 Å². The number of allylic oxidation sites excluding steroid dienone is 2. The summed E-state index contributed by atoms with van der Waals surface area (Å²) in [7, 11) is -9.14. The number of aliphatic hydroxyl groups is 1. The van der Waals surface area contributed by atoms with Crippen LogP contribution >= 0.6 is 0 Å². The summed E-state index contributed by atoms with van der Waals surface area (Å²) in [4.78, 5) is 0. The van der Waals surface area contributed by atoms with E-state index in [9.17, 15) is 31.0 Å². The van der Waals surface area contributed by atoms with Crippen LogP contribution in [-0.2, 0) is 29.2 Å². The van der Waals surface area contributed by atoms with E-state index in [-0.39, 0.29) is 35.2 Å². The number of hydrogen-bond donors (Lipinski definition) is 3. The molecule has 3 saturated carbocycles. The topological polar surface area (TPSA) is 147 Å². The molecule has 220 valence electrons. The standard InChI is InChI=1S/C27H46O9S2/c1-17(2)6-5-7-18(16-35-37(29,30)31)20-10-11-21-19-8-9-23-25(28)24(36-38(32,33)34)13-15-27(23,4)22(19)12-14-26(20,21)3/h12,17-21,23-25,28H,5-11,13-16H2,1-4H3,(H,29,30,31)(H,32,33,34)/t18-,19-,20+,21-,23+,24+,25-,26+,27+/m0/s1. The van der Waals surface area contributed by atoms with Gasteiger partial charge >= 0.3 is 20.8 Å². The van der Waals surface area contributed by atoms with Gasteiger partial charge in [0.15, 0.2) is 0 Å². The molecule has 9 nitrogen and oxygen atoms in total. The maximum absolute atomic E-state index is 11.4. The third-order valence-electron chi connectivity index (χ3n) is 10.7. The minimum absolute atomic E-state index is 0.00623. The SMILES string of the molecule is CC(C)CCC[C@@H](COS(=O)(=O)O)[C@H]1CC[C@H]2[C@@H]3CC[C@@H]4[C@H](O)[C@H](OS(=O)(=O)O)CC[C@]4(C)C3=CC[C@]12C. The lowest BCUT2D eigenvalue weighted by molar-refractivity contribution is -0.100. The summed E-state index contributed by atoms with van der Waals surface area (Å²) in [5, 5.41) is 11.1. The number of aliphatic hydroxyl groups excluding tert-OH is 1. The van der Waals surface area contributed by atoms with Crippen molar-refractivity contribution in [2.24, 2.45) is 46.3 Å². The van der Waals surface area contributed by atoms with Crippen LogP contribution in [0.4, 0.5) is 0 Å². The summed E-state index contributed by atoms with van der Waals surface area (Å²) in [6.07, 6.45) is 8.97. The van der Waals surface area contributed by atoms with Gasteiger partial charge < -0.3 is 5.11 Å². The molecule has 4 rings (SSSR count). The largest absolute Gasteiger partial charge is 0.397 e. The molecular weight excluding hydrogens is 532 g/mol. The third-order valence-corrected chi connectivity index (χ3v) is 11.7. The number of rotatable bonds is 10. The highest BCUT2D eigenvalue weighted by molar-refractivity contribution is 7.81. The van der Waals surface area contributed by atoms with Gasteiger partial charge in [-0.15, -0.1) is 0 Å². The predicted octanol–water partition coefficient (Wildman–Crippen LogP) is 4.99. The fourth-order valence-corrected chi connectivity index (χ4v) is 9.88. The lowest BCUT2D eigenvalue weighted by atomic mass is 9.48. The molecule has 11 heteroatoms. The maximum atomic E-state index is 11.4. The van der Waals surface area contributed by atoms with Gasteiger partial charge in [0, 0.05) is 0 Å². The van der Waals surface area contributed by atoms with Gasteiger partial charge in [0.2, 0.25) is 0 Å². The fraction of sp³-hybridized carbons (Fsp3) is 0.926. The molecule has 0 aromatic carbocycles. The van der Waals surface area contributed by atoms with Crippen molar-refractivity contribution in [3.05, 3.63) is 11.6 Å². The Morgan fingerprint density at radius 1 is 0.974 bits per heavy atom. The van der Waals surface area contributed by atoms with E-state index in [0.717, 1.165) is 51.4 Å². The summed E-state index contributed by atoms with van der Waals surface area (Å²) in [6, 6.07) is 0. The van der Waals surface area contributed by atoms with Crippen LogP contribution in [0, 0.1) is 46.3 Å². The van der Waals surface area contributed by atoms with Gasteiger partial charge in [-0.25, -0.2) is 8.37 Å². The van der Waals surface area contributed by atoms with E-state index >= 15 is 0 Å². The Labute approximate surface area is 228 Å². The molecule has 0 bridgehead atoms. The smallest absolute Gasteiger partial charge is 0.390 e. The Morgan fingerprint density at radius 2 is 1.66 bits per heavy atom. The highest BCUT2D eigenvalue weighted by Gasteiger charge is 2.60. The van der Waals surface area contributed by atoms with Crippen molar-refractivity contribution in [1.82, 2.24) is 0 Å². The summed E-state index contributed by atoms with van der Waals surface area (Å²) < 4.78 is 73.7. The second kappa shape index (κ2) is 11.0. The monoisotopic (exact) mass is 578 g/mol. The predicted molar refractivity (Wildman–Crippen MR) is 143 cm³/mol. The molecule has 3 N–H and O–H groups in total. The average Bonchev–Trinajstić information content (AvgIpc) is 3.14. The van der Waals surface area contributed by atoms with E-state index in [1.165, 1.54) is 5.57 Å². The van der Waals surface area contributed by atoms with Crippen LogP contribution < -0.4 is 0 Å². The average molecular weight is 579 g/mol. The Bertz CT molecular complexity index is 1100. The van der Waals surface area contributed by atoms with Crippen LogP contribution in [-0.4, -0.2) is 49.9 Å². The van der Waals surface area contributed by atoms with Crippen molar-refractivity contribution in [1.29, 1.82) is 0 Å². The van der Waals surface area contributed by atoms with Crippen molar-refractivity contribution in [3.8, 4) is 0 Å². The number of hydrogen-bond acceptors (Lipinski definition) is 7. The number of fused-ring (bicyclic) bond motifs is 5. The summed E-state index contributed by atoms with van der Waals surface area (Å²) in [5.74, 6) is 1.56. The summed E-state index contributed by atoms with van der Waals surface area (Å²) in [6.45, 7) is 8.89. The molecule has 0 aromatic rings. The maximum Gasteiger partial charge on any atom is 0.397 e. The molecule has 0 aliphatic heterocycles. The van der Waals surface area contributed by atoms with Crippen molar-refractivity contribution in [2.45, 2.75) is 104 Å². The lowest BCUT2D eigenvalue weighted by Gasteiger charge is -2.58. The van der Waals surface area contributed by atoms with Crippen LogP contribution in [0.3, 0.4) is 0 Å².